The normalized spacial score (nSPS) is 10.4. The predicted octanol–water partition coefficient (Wildman–Crippen LogP) is 5.52. The Labute approximate surface area is 168 Å². The Morgan fingerprint density at radius 2 is 1.78 bits per heavy atom. The van der Waals surface area contributed by atoms with Gasteiger partial charge < -0.3 is 10.6 Å². The van der Waals surface area contributed by atoms with Crippen LogP contribution in [0.1, 0.15) is 9.67 Å². The van der Waals surface area contributed by atoms with Crippen LogP contribution < -0.4 is 10.6 Å². The number of carbonyl (C=O) groups is 2. The third kappa shape index (κ3) is 5.56. The summed E-state index contributed by atoms with van der Waals surface area (Å²) < 4.78 is 13.1. The topological polar surface area (TPSA) is 58.2 Å². The van der Waals surface area contributed by atoms with Gasteiger partial charge in [0.1, 0.15) is 5.82 Å². The molecule has 3 rings (SSSR count). The van der Waals surface area contributed by atoms with Gasteiger partial charge in [-0.1, -0.05) is 17.7 Å². The Bertz CT molecular complexity index is 947. The summed E-state index contributed by atoms with van der Waals surface area (Å²) in [4.78, 5) is 25.5. The van der Waals surface area contributed by atoms with Gasteiger partial charge >= 0.3 is 0 Å². The average molecular weight is 421 g/mol. The second-order valence-electron chi connectivity index (χ2n) is 5.42. The van der Waals surface area contributed by atoms with Gasteiger partial charge in [0.15, 0.2) is 0 Å². The first-order valence-corrected chi connectivity index (χ1v) is 10.1. The summed E-state index contributed by atoms with van der Waals surface area (Å²) in [5.74, 6) is -0.716. The fourth-order valence-electron chi connectivity index (χ4n) is 2.15. The van der Waals surface area contributed by atoms with Crippen molar-refractivity contribution in [2.45, 2.75) is 4.90 Å². The van der Waals surface area contributed by atoms with Crippen LogP contribution in [0, 0.1) is 5.82 Å². The van der Waals surface area contributed by atoms with E-state index in [-0.39, 0.29) is 22.6 Å². The molecule has 0 unspecified atom stereocenters. The molecular weight excluding hydrogens is 407 g/mol. The van der Waals surface area contributed by atoms with E-state index in [9.17, 15) is 14.0 Å². The van der Waals surface area contributed by atoms with Crippen LogP contribution in [0.15, 0.2) is 64.9 Å². The molecule has 4 nitrogen and oxygen atoms in total. The van der Waals surface area contributed by atoms with Gasteiger partial charge in [-0.15, -0.1) is 23.1 Å². The minimum absolute atomic E-state index is 0.0411. The van der Waals surface area contributed by atoms with Gasteiger partial charge in [0.05, 0.1) is 15.7 Å². The Kier molecular flexibility index (Phi) is 6.49. The van der Waals surface area contributed by atoms with Gasteiger partial charge in [-0.25, -0.2) is 4.39 Å². The van der Waals surface area contributed by atoms with Gasteiger partial charge in [0.2, 0.25) is 5.91 Å². The van der Waals surface area contributed by atoms with Gasteiger partial charge in [-0.05, 0) is 53.9 Å². The Balaban J connectivity index is 1.50. The first kappa shape index (κ1) is 19.4. The number of nitrogens with one attached hydrogen (secondary N) is 2. The maximum Gasteiger partial charge on any atom is 0.265 e. The number of anilines is 2. The molecule has 0 aliphatic carbocycles. The highest BCUT2D eigenvalue weighted by atomic mass is 35.5. The highest BCUT2D eigenvalue weighted by Crippen LogP contribution is 2.23. The minimum Gasteiger partial charge on any atom is -0.325 e. The van der Waals surface area contributed by atoms with E-state index in [4.69, 9.17) is 11.6 Å². The second-order valence-corrected chi connectivity index (χ2v) is 7.83. The van der Waals surface area contributed by atoms with Crippen molar-refractivity contribution in [3.63, 3.8) is 0 Å². The SMILES string of the molecule is O=C(CSc1ccc(NC(=O)c2cccs2)cc1)Nc1ccc(F)c(Cl)c1. The Morgan fingerprint density at radius 1 is 1.04 bits per heavy atom. The molecule has 0 aliphatic rings. The smallest absolute Gasteiger partial charge is 0.265 e. The van der Waals surface area contributed by atoms with E-state index in [1.807, 2.05) is 23.6 Å². The predicted molar refractivity (Wildman–Crippen MR) is 109 cm³/mol. The van der Waals surface area contributed by atoms with E-state index in [2.05, 4.69) is 10.6 Å². The van der Waals surface area contributed by atoms with Gasteiger partial charge in [-0.3, -0.25) is 9.59 Å². The summed E-state index contributed by atoms with van der Waals surface area (Å²) >= 11 is 8.42. The second kappa shape index (κ2) is 9.03. The van der Waals surface area contributed by atoms with Crippen LogP contribution in [0.5, 0.6) is 0 Å². The van der Waals surface area contributed by atoms with Gasteiger partial charge in [0.25, 0.3) is 5.91 Å². The fourth-order valence-corrected chi connectivity index (χ4v) is 3.65. The first-order chi connectivity index (χ1) is 13.0. The number of carbonyl (C=O) groups excluding carboxylic acids is 2. The molecule has 0 saturated carbocycles. The van der Waals surface area contributed by atoms with Crippen molar-refractivity contribution in [3.05, 3.63) is 75.7 Å². The zero-order chi connectivity index (χ0) is 19.2. The molecule has 0 aliphatic heterocycles. The Morgan fingerprint density at radius 3 is 2.44 bits per heavy atom. The highest BCUT2D eigenvalue weighted by Gasteiger charge is 2.08. The number of amides is 2. The standard InChI is InChI=1S/C19H14ClFN2O2S2/c20-15-10-13(5-8-16(15)21)22-18(24)11-27-14-6-3-12(4-7-14)23-19(25)17-2-1-9-26-17/h1-10H,11H2,(H,22,24)(H,23,25). The molecule has 8 heteroatoms. The molecule has 0 fully saturated rings. The minimum atomic E-state index is -0.532. The number of thiophene rings is 1. The highest BCUT2D eigenvalue weighted by molar-refractivity contribution is 8.00. The molecule has 2 N–H and O–H groups in total. The van der Waals surface area contributed by atoms with E-state index in [1.165, 1.54) is 41.3 Å². The summed E-state index contributed by atoms with van der Waals surface area (Å²) in [7, 11) is 0. The van der Waals surface area contributed by atoms with Gasteiger partial charge in [0, 0.05) is 16.3 Å². The number of thioether (sulfide) groups is 1. The van der Waals surface area contributed by atoms with E-state index in [0.29, 0.717) is 16.3 Å². The molecule has 0 radical (unpaired) electrons. The van der Waals surface area contributed by atoms with E-state index in [1.54, 1.807) is 18.2 Å². The number of benzene rings is 2. The van der Waals surface area contributed by atoms with E-state index in [0.717, 1.165) is 4.90 Å². The van der Waals surface area contributed by atoms with Crippen LogP contribution in [0.25, 0.3) is 0 Å². The summed E-state index contributed by atoms with van der Waals surface area (Å²) in [6, 6.07) is 14.8. The maximum atomic E-state index is 13.1. The van der Waals surface area contributed by atoms with Crippen molar-refractivity contribution in [1.82, 2.24) is 0 Å². The third-order valence-corrected chi connectivity index (χ3v) is 5.60. The molecule has 0 atom stereocenters. The fraction of sp³-hybridized carbons (Fsp3) is 0.0526. The van der Waals surface area contributed by atoms with Crippen molar-refractivity contribution in [3.8, 4) is 0 Å². The lowest BCUT2D eigenvalue weighted by atomic mass is 10.3. The summed E-state index contributed by atoms with van der Waals surface area (Å²) in [5.41, 5.74) is 1.13. The number of halogens is 2. The molecule has 2 aromatic carbocycles. The van der Waals surface area contributed by atoms with Crippen molar-refractivity contribution in [2.75, 3.05) is 16.4 Å². The Hall–Kier alpha value is -2.35. The molecule has 138 valence electrons. The number of rotatable bonds is 6. The number of hydrogen-bond donors (Lipinski definition) is 2. The van der Waals surface area contributed by atoms with E-state index < -0.39 is 5.82 Å². The van der Waals surface area contributed by atoms with Gasteiger partial charge in [-0.2, -0.15) is 0 Å². The molecule has 3 aromatic rings. The van der Waals surface area contributed by atoms with Crippen LogP contribution in [-0.2, 0) is 4.79 Å². The van der Waals surface area contributed by atoms with Crippen LogP contribution >= 0.6 is 34.7 Å². The van der Waals surface area contributed by atoms with Crippen molar-refractivity contribution in [1.29, 1.82) is 0 Å². The zero-order valence-corrected chi connectivity index (χ0v) is 16.3. The van der Waals surface area contributed by atoms with Crippen molar-refractivity contribution in [2.24, 2.45) is 0 Å². The average Bonchev–Trinajstić information content (AvgIpc) is 3.19. The van der Waals surface area contributed by atoms with Crippen LogP contribution in [0.4, 0.5) is 15.8 Å². The quantitative estimate of drug-likeness (QED) is 0.516. The summed E-state index contributed by atoms with van der Waals surface area (Å²) in [5, 5.41) is 7.29. The van der Waals surface area contributed by atoms with Crippen LogP contribution in [-0.4, -0.2) is 17.6 Å². The third-order valence-electron chi connectivity index (χ3n) is 3.43. The molecular formula is C19H14ClFN2O2S2. The first-order valence-electron chi connectivity index (χ1n) is 7.84. The molecule has 2 amide bonds. The molecule has 1 heterocycles. The maximum absolute atomic E-state index is 13.1. The van der Waals surface area contributed by atoms with Crippen LogP contribution in [0.3, 0.4) is 0 Å². The molecule has 1 aromatic heterocycles. The molecule has 0 bridgehead atoms. The largest absolute Gasteiger partial charge is 0.325 e. The monoisotopic (exact) mass is 420 g/mol. The molecule has 0 saturated heterocycles. The summed E-state index contributed by atoms with van der Waals surface area (Å²) in [6.45, 7) is 0. The lowest BCUT2D eigenvalue weighted by molar-refractivity contribution is -0.113. The van der Waals surface area contributed by atoms with Crippen LogP contribution in [0.2, 0.25) is 5.02 Å². The lowest BCUT2D eigenvalue weighted by Crippen LogP contribution is -2.14. The lowest BCUT2D eigenvalue weighted by Gasteiger charge is -2.07. The van der Waals surface area contributed by atoms with Crippen molar-refractivity contribution < 1.29 is 14.0 Å². The summed E-state index contributed by atoms with van der Waals surface area (Å²) in [6.07, 6.45) is 0. The van der Waals surface area contributed by atoms with Crippen molar-refractivity contribution >= 4 is 57.9 Å². The zero-order valence-electron chi connectivity index (χ0n) is 13.9. The van der Waals surface area contributed by atoms with E-state index >= 15 is 0 Å². The number of hydrogen-bond acceptors (Lipinski definition) is 4. The molecule has 27 heavy (non-hydrogen) atoms. The molecule has 0 spiro atoms.